The van der Waals surface area contributed by atoms with E-state index >= 15 is 0 Å². The van der Waals surface area contributed by atoms with Crippen LogP contribution in [-0.2, 0) is 28.5 Å². The molecule has 148 valence electrons. The van der Waals surface area contributed by atoms with E-state index in [4.69, 9.17) is 18.9 Å². The van der Waals surface area contributed by atoms with E-state index < -0.39 is 11.7 Å². The van der Waals surface area contributed by atoms with E-state index in [1.807, 2.05) is 20.8 Å². The fraction of sp³-hybridized carbons (Fsp3) is 0.714. The van der Waals surface area contributed by atoms with Gasteiger partial charge in [-0.05, 0) is 52.5 Å². The molecule has 3 heterocycles. The lowest BCUT2D eigenvalue weighted by atomic mass is 9.83. The quantitative estimate of drug-likeness (QED) is 0.326. The first-order valence-corrected chi connectivity index (χ1v) is 9.74. The second-order valence-corrected chi connectivity index (χ2v) is 8.80. The van der Waals surface area contributed by atoms with Gasteiger partial charge in [-0.3, -0.25) is 4.79 Å². The van der Waals surface area contributed by atoms with Crippen LogP contribution in [0, 0.1) is 5.92 Å². The molecule has 0 radical (unpaired) electrons. The molecule has 1 aliphatic carbocycles. The van der Waals surface area contributed by atoms with Crippen LogP contribution in [0.25, 0.3) is 0 Å². The van der Waals surface area contributed by atoms with Crippen molar-refractivity contribution in [1.82, 2.24) is 0 Å². The molecular formula is C21H28O6. The van der Waals surface area contributed by atoms with Crippen LogP contribution in [0.15, 0.2) is 23.8 Å². The Hall–Kier alpha value is -1.66. The van der Waals surface area contributed by atoms with Crippen molar-refractivity contribution in [2.75, 3.05) is 0 Å². The zero-order chi connectivity index (χ0) is 19.6. The largest absolute Gasteiger partial charge is 0.458 e. The van der Waals surface area contributed by atoms with Crippen molar-refractivity contribution in [3.8, 4) is 0 Å². The predicted octanol–water partition coefficient (Wildman–Crippen LogP) is 2.85. The SMILES string of the molecule is C=C1C(=O)O[C@@H]2[C@H]3O[C@]3(C)CC/C=C(\C)[C@@H](OC(=O)CC3(C)OC3C)C[C@@H]12. The molecule has 0 saturated carbocycles. The third kappa shape index (κ3) is 3.34. The van der Waals surface area contributed by atoms with Gasteiger partial charge in [-0.15, -0.1) is 0 Å². The van der Waals surface area contributed by atoms with E-state index in [2.05, 4.69) is 19.6 Å². The molecule has 0 bridgehead atoms. The fourth-order valence-electron chi connectivity index (χ4n) is 4.37. The Morgan fingerprint density at radius 1 is 1.37 bits per heavy atom. The van der Waals surface area contributed by atoms with Crippen LogP contribution in [-0.4, -0.2) is 47.6 Å². The molecule has 0 amide bonds. The summed E-state index contributed by atoms with van der Waals surface area (Å²) in [5.41, 5.74) is 0.750. The predicted molar refractivity (Wildman–Crippen MR) is 96.8 cm³/mol. The van der Waals surface area contributed by atoms with E-state index in [9.17, 15) is 9.59 Å². The number of fused-ring (bicyclic) bond motifs is 3. The van der Waals surface area contributed by atoms with Crippen molar-refractivity contribution < 1.29 is 28.5 Å². The van der Waals surface area contributed by atoms with Crippen molar-refractivity contribution in [2.45, 2.75) is 89.0 Å². The summed E-state index contributed by atoms with van der Waals surface area (Å²) in [7, 11) is 0. The van der Waals surface area contributed by atoms with Crippen molar-refractivity contribution in [2.24, 2.45) is 5.92 Å². The average molecular weight is 376 g/mol. The molecule has 0 aromatic rings. The van der Waals surface area contributed by atoms with Crippen LogP contribution in [0.2, 0.25) is 0 Å². The van der Waals surface area contributed by atoms with Gasteiger partial charge in [-0.1, -0.05) is 12.7 Å². The number of hydrogen-bond acceptors (Lipinski definition) is 6. The van der Waals surface area contributed by atoms with Crippen molar-refractivity contribution >= 4 is 11.9 Å². The maximum atomic E-state index is 12.5. The van der Waals surface area contributed by atoms with E-state index in [1.165, 1.54) is 0 Å². The molecule has 2 unspecified atom stereocenters. The zero-order valence-electron chi connectivity index (χ0n) is 16.4. The Bertz CT molecular complexity index is 726. The minimum absolute atomic E-state index is 0.0699. The average Bonchev–Trinajstić information content (AvgIpc) is 3.39. The molecule has 6 heteroatoms. The monoisotopic (exact) mass is 376 g/mol. The molecule has 4 aliphatic rings. The van der Waals surface area contributed by atoms with Gasteiger partial charge in [0.1, 0.15) is 23.9 Å². The van der Waals surface area contributed by atoms with Crippen LogP contribution in [0.4, 0.5) is 0 Å². The Balaban J connectivity index is 1.53. The third-order valence-corrected chi connectivity index (χ3v) is 6.69. The van der Waals surface area contributed by atoms with Crippen LogP contribution in [0.1, 0.15) is 53.4 Å². The van der Waals surface area contributed by atoms with Gasteiger partial charge < -0.3 is 18.9 Å². The summed E-state index contributed by atoms with van der Waals surface area (Å²) in [6.07, 6.45) is 3.68. The molecule has 0 spiro atoms. The minimum atomic E-state index is -0.424. The first-order valence-electron chi connectivity index (χ1n) is 9.74. The number of ether oxygens (including phenoxy) is 4. The van der Waals surface area contributed by atoms with Crippen LogP contribution in [0.3, 0.4) is 0 Å². The number of carbonyl (C=O) groups excluding carboxylic acids is 2. The highest BCUT2D eigenvalue weighted by atomic mass is 16.6. The summed E-state index contributed by atoms with van der Waals surface area (Å²) in [5, 5.41) is 0. The molecule has 3 aliphatic heterocycles. The van der Waals surface area contributed by atoms with Crippen LogP contribution >= 0.6 is 0 Å². The van der Waals surface area contributed by atoms with Gasteiger partial charge in [0.2, 0.25) is 0 Å². The fourth-order valence-corrected chi connectivity index (χ4v) is 4.37. The molecular weight excluding hydrogens is 348 g/mol. The van der Waals surface area contributed by atoms with Crippen molar-refractivity contribution in [3.05, 3.63) is 23.8 Å². The standard InChI is InChI=1S/C21H28O6/c1-11-7-6-8-20(4)18(27-20)17-14(12(2)19(23)25-17)9-15(11)24-16(22)10-21(5)13(3)26-21/h7,13-15,17-18H,2,6,8-10H2,1,3-5H3/b11-7+/t13?,14-,15-,17-,18+,20+,21?/m0/s1. The van der Waals surface area contributed by atoms with Gasteiger partial charge in [0.05, 0.1) is 18.1 Å². The van der Waals surface area contributed by atoms with Gasteiger partial charge in [0, 0.05) is 11.5 Å². The van der Waals surface area contributed by atoms with E-state index in [0.717, 1.165) is 18.4 Å². The molecule has 0 N–H and O–H groups in total. The minimum Gasteiger partial charge on any atom is -0.458 e. The smallest absolute Gasteiger partial charge is 0.334 e. The van der Waals surface area contributed by atoms with Crippen molar-refractivity contribution in [3.63, 3.8) is 0 Å². The summed E-state index contributed by atoms with van der Waals surface area (Å²) in [6, 6.07) is 0. The van der Waals surface area contributed by atoms with Gasteiger partial charge >= 0.3 is 11.9 Å². The van der Waals surface area contributed by atoms with Crippen LogP contribution < -0.4 is 0 Å². The molecule has 6 nitrogen and oxygen atoms in total. The summed E-state index contributed by atoms with van der Waals surface area (Å²) in [4.78, 5) is 24.6. The summed E-state index contributed by atoms with van der Waals surface area (Å²) in [6.45, 7) is 11.8. The van der Waals surface area contributed by atoms with Gasteiger partial charge in [0.25, 0.3) is 0 Å². The van der Waals surface area contributed by atoms with E-state index in [0.29, 0.717) is 12.0 Å². The van der Waals surface area contributed by atoms with E-state index in [1.54, 1.807) is 0 Å². The number of rotatable bonds is 3. The van der Waals surface area contributed by atoms with E-state index in [-0.39, 0.29) is 48.2 Å². The second kappa shape index (κ2) is 6.17. The third-order valence-electron chi connectivity index (χ3n) is 6.69. The first kappa shape index (κ1) is 18.7. The highest BCUT2D eigenvalue weighted by Gasteiger charge is 2.62. The molecule has 0 aromatic heterocycles. The lowest BCUT2D eigenvalue weighted by Gasteiger charge is -2.26. The number of allylic oxidation sites excluding steroid dienone is 1. The maximum absolute atomic E-state index is 12.5. The number of hydrogen-bond donors (Lipinski definition) is 0. The Morgan fingerprint density at radius 2 is 2.07 bits per heavy atom. The van der Waals surface area contributed by atoms with Crippen LogP contribution in [0.5, 0.6) is 0 Å². The van der Waals surface area contributed by atoms with Gasteiger partial charge in [0.15, 0.2) is 0 Å². The molecule has 4 rings (SSSR count). The molecule has 3 fully saturated rings. The number of epoxide rings is 2. The first-order chi connectivity index (χ1) is 12.6. The maximum Gasteiger partial charge on any atom is 0.334 e. The normalized spacial score (nSPS) is 47.9. The highest BCUT2D eigenvalue weighted by Crippen LogP contribution is 2.50. The van der Waals surface area contributed by atoms with Crippen molar-refractivity contribution in [1.29, 1.82) is 0 Å². The van der Waals surface area contributed by atoms with Gasteiger partial charge in [-0.2, -0.15) is 0 Å². The lowest BCUT2D eigenvalue weighted by Crippen LogP contribution is -2.33. The summed E-state index contributed by atoms with van der Waals surface area (Å²) >= 11 is 0. The summed E-state index contributed by atoms with van der Waals surface area (Å²) < 4.78 is 22.8. The second-order valence-electron chi connectivity index (χ2n) is 8.80. The summed E-state index contributed by atoms with van der Waals surface area (Å²) in [5.74, 6) is -0.867. The molecule has 3 saturated heterocycles. The number of carbonyl (C=O) groups is 2. The molecule has 27 heavy (non-hydrogen) atoms. The van der Waals surface area contributed by atoms with Gasteiger partial charge in [-0.25, -0.2) is 4.79 Å². The Labute approximate surface area is 159 Å². The Morgan fingerprint density at radius 3 is 2.74 bits per heavy atom. The zero-order valence-corrected chi connectivity index (χ0v) is 16.4. The highest BCUT2D eigenvalue weighted by molar-refractivity contribution is 5.91. The molecule has 0 aromatic carbocycles. The Kier molecular flexibility index (Phi) is 4.27. The number of esters is 2. The lowest BCUT2D eigenvalue weighted by molar-refractivity contribution is -0.150. The molecule has 7 atom stereocenters. The topological polar surface area (TPSA) is 77.7 Å².